The van der Waals surface area contributed by atoms with Gasteiger partial charge in [0.2, 0.25) is 0 Å². The summed E-state index contributed by atoms with van der Waals surface area (Å²) >= 11 is 11.8. The van der Waals surface area contributed by atoms with Crippen LogP contribution in [0.5, 0.6) is 0 Å². The van der Waals surface area contributed by atoms with E-state index in [2.05, 4.69) is 0 Å². The lowest BCUT2D eigenvalue weighted by atomic mass is 9.73. The molecule has 0 spiro atoms. The van der Waals surface area contributed by atoms with Crippen LogP contribution in [0.2, 0.25) is 10.0 Å². The second-order valence-corrected chi connectivity index (χ2v) is 4.73. The molecule has 2 nitrogen and oxygen atoms in total. The van der Waals surface area contributed by atoms with Crippen LogP contribution in [0.15, 0.2) is 18.2 Å². The minimum absolute atomic E-state index is 0.0961. The number of carbonyl (C=O) groups excluding carboxylic acids is 1. The number of rotatable bonds is 2. The lowest BCUT2D eigenvalue weighted by Gasteiger charge is -2.36. The number of hydrogen-bond acceptors (Lipinski definition) is 2. The average Bonchev–Trinajstić information content (AvgIpc) is 2.18. The van der Waals surface area contributed by atoms with Crippen molar-refractivity contribution in [3.63, 3.8) is 0 Å². The van der Waals surface area contributed by atoms with E-state index in [9.17, 15) is 4.79 Å². The molecule has 4 heteroatoms. The topological polar surface area (TPSA) is 43.1 Å². The van der Waals surface area contributed by atoms with Crippen LogP contribution in [0.3, 0.4) is 0 Å². The summed E-state index contributed by atoms with van der Waals surface area (Å²) in [7, 11) is 0. The van der Waals surface area contributed by atoms with Crippen LogP contribution in [0, 0.1) is 0 Å². The van der Waals surface area contributed by atoms with Gasteiger partial charge in [0.25, 0.3) is 0 Å². The second-order valence-electron chi connectivity index (χ2n) is 3.94. The van der Waals surface area contributed by atoms with E-state index >= 15 is 0 Å². The maximum Gasteiger partial charge on any atom is 0.184 e. The van der Waals surface area contributed by atoms with Crippen molar-refractivity contribution in [2.24, 2.45) is 5.73 Å². The monoisotopic (exact) mass is 243 g/mol. The van der Waals surface area contributed by atoms with Gasteiger partial charge in [0.05, 0.1) is 15.6 Å². The van der Waals surface area contributed by atoms with Crippen LogP contribution >= 0.6 is 23.2 Å². The third kappa shape index (κ3) is 1.78. The molecule has 0 radical (unpaired) electrons. The van der Waals surface area contributed by atoms with E-state index < -0.39 is 5.54 Å². The van der Waals surface area contributed by atoms with Crippen molar-refractivity contribution in [2.75, 3.05) is 0 Å². The molecule has 0 atom stereocenters. The van der Waals surface area contributed by atoms with Crippen LogP contribution in [0.1, 0.15) is 29.6 Å². The molecular formula is C11H11Cl2NO. The summed E-state index contributed by atoms with van der Waals surface area (Å²) in [6, 6.07) is 5.04. The molecule has 0 aromatic heterocycles. The summed E-state index contributed by atoms with van der Waals surface area (Å²) in [4.78, 5) is 12.1. The molecule has 0 amide bonds. The number of ketones is 1. The summed E-state index contributed by atoms with van der Waals surface area (Å²) in [5.41, 5.74) is 5.67. The number of hydrogen-bond donors (Lipinski definition) is 1. The SMILES string of the molecule is NC1(C(=O)c2cccc(Cl)c2Cl)CCC1. The number of nitrogens with two attached hydrogens (primary N) is 1. The van der Waals surface area contributed by atoms with Gasteiger partial charge in [-0.3, -0.25) is 4.79 Å². The van der Waals surface area contributed by atoms with E-state index in [1.165, 1.54) is 0 Å². The Hall–Kier alpha value is -0.570. The first kappa shape index (κ1) is 10.9. The van der Waals surface area contributed by atoms with E-state index in [0.29, 0.717) is 15.6 Å². The van der Waals surface area contributed by atoms with Crippen LogP contribution in [0.25, 0.3) is 0 Å². The molecule has 0 heterocycles. The van der Waals surface area contributed by atoms with E-state index in [-0.39, 0.29) is 5.78 Å². The van der Waals surface area contributed by atoms with Crippen LogP contribution < -0.4 is 5.73 Å². The van der Waals surface area contributed by atoms with Gasteiger partial charge in [0, 0.05) is 5.56 Å². The van der Waals surface area contributed by atoms with Crippen LogP contribution in [0.4, 0.5) is 0 Å². The number of carbonyl (C=O) groups is 1. The molecule has 1 fully saturated rings. The highest BCUT2D eigenvalue weighted by molar-refractivity contribution is 6.44. The highest BCUT2D eigenvalue weighted by Crippen LogP contribution is 2.35. The molecule has 2 N–H and O–H groups in total. The Bertz CT molecular complexity index is 413. The van der Waals surface area contributed by atoms with Gasteiger partial charge in [-0.15, -0.1) is 0 Å². The molecule has 0 aliphatic heterocycles. The zero-order chi connectivity index (χ0) is 11.1. The van der Waals surface area contributed by atoms with Crippen LogP contribution in [-0.4, -0.2) is 11.3 Å². The number of Topliss-reactive ketones (excluding diaryl/α,β-unsaturated/α-hetero) is 1. The molecule has 0 unspecified atom stereocenters. The van der Waals surface area contributed by atoms with E-state index in [4.69, 9.17) is 28.9 Å². The molecule has 0 bridgehead atoms. The third-order valence-corrected chi connectivity index (χ3v) is 3.71. The molecule has 0 saturated heterocycles. The lowest BCUT2D eigenvalue weighted by Crippen LogP contribution is -2.53. The minimum Gasteiger partial charge on any atom is -0.319 e. The van der Waals surface area contributed by atoms with Crippen molar-refractivity contribution in [2.45, 2.75) is 24.8 Å². The Labute approximate surface area is 98.4 Å². The Morgan fingerprint density at radius 3 is 2.53 bits per heavy atom. The lowest BCUT2D eigenvalue weighted by molar-refractivity contribution is 0.0801. The summed E-state index contributed by atoms with van der Waals surface area (Å²) in [6.45, 7) is 0. The van der Waals surface area contributed by atoms with Crippen molar-refractivity contribution < 1.29 is 4.79 Å². The quantitative estimate of drug-likeness (QED) is 0.812. The van der Waals surface area contributed by atoms with Gasteiger partial charge in [-0.05, 0) is 31.4 Å². The predicted molar refractivity (Wildman–Crippen MR) is 61.6 cm³/mol. The Balaban J connectivity index is 2.37. The first-order valence-corrected chi connectivity index (χ1v) is 5.58. The molecular weight excluding hydrogens is 233 g/mol. The zero-order valence-corrected chi connectivity index (χ0v) is 9.61. The molecule has 1 saturated carbocycles. The van der Waals surface area contributed by atoms with E-state index in [0.717, 1.165) is 19.3 Å². The van der Waals surface area contributed by atoms with Gasteiger partial charge in [-0.25, -0.2) is 0 Å². The number of halogens is 2. The maximum absolute atomic E-state index is 12.1. The summed E-state index contributed by atoms with van der Waals surface area (Å²) in [6.07, 6.45) is 2.46. The van der Waals surface area contributed by atoms with Crippen molar-refractivity contribution in [3.05, 3.63) is 33.8 Å². The second kappa shape index (κ2) is 3.78. The number of benzene rings is 1. The zero-order valence-electron chi connectivity index (χ0n) is 8.09. The van der Waals surface area contributed by atoms with Gasteiger partial charge < -0.3 is 5.73 Å². The van der Waals surface area contributed by atoms with Crippen molar-refractivity contribution in [1.82, 2.24) is 0 Å². The first-order chi connectivity index (χ1) is 7.04. The predicted octanol–water partition coefficient (Wildman–Crippen LogP) is 3.06. The standard InChI is InChI=1S/C11H11Cl2NO/c12-8-4-1-3-7(9(8)13)10(15)11(14)5-2-6-11/h1,3-4H,2,5-6,14H2. The molecule has 15 heavy (non-hydrogen) atoms. The molecule has 1 aromatic rings. The summed E-state index contributed by atoms with van der Waals surface area (Å²) in [5.74, 6) is -0.0961. The summed E-state index contributed by atoms with van der Waals surface area (Å²) in [5, 5.41) is 0.700. The first-order valence-electron chi connectivity index (χ1n) is 4.82. The summed E-state index contributed by atoms with van der Waals surface area (Å²) < 4.78 is 0. The molecule has 1 aliphatic carbocycles. The fourth-order valence-electron chi connectivity index (χ4n) is 1.73. The van der Waals surface area contributed by atoms with E-state index in [1.54, 1.807) is 18.2 Å². The molecule has 1 aliphatic rings. The maximum atomic E-state index is 12.1. The van der Waals surface area contributed by atoms with Crippen molar-refractivity contribution in [3.8, 4) is 0 Å². The van der Waals surface area contributed by atoms with Crippen molar-refractivity contribution in [1.29, 1.82) is 0 Å². The minimum atomic E-state index is -0.714. The Kier molecular flexibility index (Phi) is 2.75. The van der Waals surface area contributed by atoms with E-state index in [1.807, 2.05) is 0 Å². The fourth-order valence-corrected chi connectivity index (χ4v) is 2.12. The normalized spacial score (nSPS) is 18.3. The molecule has 80 valence electrons. The highest BCUT2D eigenvalue weighted by atomic mass is 35.5. The Morgan fingerprint density at radius 2 is 2.00 bits per heavy atom. The fraction of sp³-hybridized carbons (Fsp3) is 0.364. The van der Waals surface area contributed by atoms with Crippen LogP contribution in [-0.2, 0) is 0 Å². The van der Waals surface area contributed by atoms with Gasteiger partial charge >= 0.3 is 0 Å². The molecule has 2 rings (SSSR count). The third-order valence-electron chi connectivity index (χ3n) is 2.89. The van der Waals surface area contributed by atoms with Gasteiger partial charge in [-0.2, -0.15) is 0 Å². The van der Waals surface area contributed by atoms with Gasteiger partial charge in [0.1, 0.15) is 0 Å². The average molecular weight is 244 g/mol. The Morgan fingerprint density at radius 1 is 1.33 bits per heavy atom. The van der Waals surface area contributed by atoms with Gasteiger partial charge in [-0.1, -0.05) is 29.3 Å². The largest absolute Gasteiger partial charge is 0.319 e. The van der Waals surface area contributed by atoms with Crippen molar-refractivity contribution >= 4 is 29.0 Å². The smallest absolute Gasteiger partial charge is 0.184 e. The highest BCUT2D eigenvalue weighted by Gasteiger charge is 2.41. The molecule has 1 aromatic carbocycles. The van der Waals surface area contributed by atoms with Gasteiger partial charge in [0.15, 0.2) is 5.78 Å².